The van der Waals surface area contributed by atoms with Gasteiger partial charge in [0.2, 0.25) is 0 Å². The first-order chi connectivity index (χ1) is 10.7. The molecule has 7 heteroatoms. The Morgan fingerprint density at radius 2 is 2.23 bits per heavy atom. The van der Waals surface area contributed by atoms with E-state index in [1.165, 1.54) is 0 Å². The fourth-order valence-corrected chi connectivity index (χ4v) is 2.76. The molecule has 3 rings (SSSR count). The quantitative estimate of drug-likeness (QED) is 0.786. The van der Waals surface area contributed by atoms with Crippen LogP contribution >= 0.6 is 0 Å². The van der Waals surface area contributed by atoms with Crippen LogP contribution in [0.2, 0.25) is 0 Å². The number of carboxylic acids is 1. The minimum Gasteiger partial charge on any atom is -0.480 e. The summed E-state index contributed by atoms with van der Waals surface area (Å²) in [6.45, 7) is 0.985. The van der Waals surface area contributed by atoms with Gasteiger partial charge in [0.15, 0.2) is 5.69 Å². The summed E-state index contributed by atoms with van der Waals surface area (Å²) in [6.07, 6.45) is 1.52. The first kappa shape index (κ1) is 14.5. The number of carboxylic acid groups (broad SMARTS) is 1. The number of amides is 1. The summed E-state index contributed by atoms with van der Waals surface area (Å²) in [4.78, 5) is 23.8. The molecule has 0 spiro atoms. The average Bonchev–Trinajstić information content (AvgIpc) is 2.97. The lowest BCUT2D eigenvalue weighted by molar-refractivity contribution is -0.142. The minimum atomic E-state index is -1.05. The van der Waals surface area contributed by atoms with Crippen LogP contribution in [0.5, 0.6) is 0 Å². The molecule has 0 saturated carbocycles. The van der Waals surface area contributed by atoms with Crippen LogP contribution in [0.15, 0.2) is 24.3 Å². The summed E-state index contributed by atoms with van der Waals surface area (Å²) in [6, 6.07) is 6.25. The Morgan fingerprint density at radius 3 is 2.95 bits per heavy atom. The minimum absolute atomic E-state index is 0.207. The van der Waals surface area contributed by atoms with E-state index >= 15 is 0 Å². The average molecular weight is 303 g/mol. The molecule has 1 aromatic carbocycles. The van der Waals surface area contributed by atoms with E-state index < -0.39 is 17.9 Å². The predicted octanol–water partition coefficient (Wildman–Crippen LogP) is 1.17. The molecule has 1 amide bonds. The maximum atomic E-state index is 12.4. The monoisotopic (exact) mass is 303 g/mol. The molecule has 2 heterocycles. The largest absolute Gasteiger partial charge is 0.480 e. The topological polar surface area (TPSA) is 104 Å². The summed E-state index contributed by atoms with van der Waals surface area (Å²) in [7, 11) is 0. The third-order valence-corrected chi connectivity index (χ3v) is 3.90. The number of fused-ring (bicyclic) bond motifs is 1. The van der Waals surface area contributed by atoms with Gasteiger partial charge in [0.25, 0.3) is 5.91 Å². The van der Waals surface area contributed by atoms with E-state index in [0.29, 0.717) is 18.6 Å². The molecule has 1 fully saturated rings. The van der Waals surface area contributed by atoms with Crippen LogP contribution in [0.1, 0.15) is 23.3 Å². The molecule has 22 heavy (non-hydrogen) atoms. The summed E-state index contributed by atoms with van der Waals surface area (Å²) < 4.78 is 5.32. The van der Waals surface area contributed by atoms with Crippen LogP contribution in [0.25, 0.3) is 10.9 Å². The normalized spacial score (nSPS) is 19.7. The third-order valence-electron chi connectivity index (χ3n) is 3.90. The fourth-order valence-electron chi connectivity index (χ4n) is 2.76. The number of benzene rings is 1. The van der Waals surface area contributed by atoms with E-state index in [1.54, 1.807) is 12.1 Å². The number of hydrogen-bond acceptors (Lipinski definition) is 4. The standard InChI is InChI=1S/C15H17N3O4/c19-14(13-10-5-1-2-6-11(10)17-18-13)16-12(15(20)21)9-4-3-7-22-8-9/h1-2,5-6,9,12H,3-4,7-8H2,(H,16,19)(H,17,18)(H,20,21). The SMILES string of the molecule is O=C(NC(C(=O)O)C1CCCOC1)c1n[nH]c2ccccc12. The highest BCUT2D eigenvalue weighted by Crippen LogP contribution is 2.19. The molecular formula is C15H17N3O4. The number of nitrogens with zero attached hydrogens (tertiary/aromatic N) is 1. The second-order valence-corrected chi connectivity index (χ2v) is 5.38. The Balaban J connectivity index is 1.80. The van der Waals surface area contributed by atoms with E-state index in [4.69, 9.17) is 4.74 Å². The van der Waals surface area contributed by atoms with Crippen molar-refractivity contribution in [2.24, 2.45) is 5.92 Å². The molecule has 2 atom stereocenters. The van der Waals surface area contributed by atoms with Gasteiger partial charge in [0.1, 0.15) is 6.04 Å². The second-order valence-electron chi connectivity index (χ2n) is 5.38. The fraction of sp³-hybridized carbons (Fsp3) is 0.400. The van der Waals surface area contributed by atoms with Gasteiger partial charge in [-0.25, -0.2) is 4.79 Å². The summed E-state index contributed by atoms with van der Waals surface area (Å²) in [5.74, 6) is -1.76. The summed E-state index contributed by atoms with van der Waals surface area (Å²) >= 11 is 0. The van der Waals surface area contributed by atoms with E-state index in [0.717, 1.165) is 18.4 Å². The molecule has 1 aromatic heterocycles. The van der Waals surface area contributed by atoms with Crippen LogP contribution in [-0.4, -0.2) is 46.4 Å². The van der Waals surface area contributed by atoms with Crippen molar-refractivity contribution in [1.29, 1.82) is 0 Å². The van der Waals surface area contributed by atoms with Gasteiger partial charge in [-0.15, -0.1) is 0 Å². The number of aliphatic carboxylic acids is 1. The molecule has 0 aliphatic carbocycles. The van der Waals surface area contributed by atoms with Gasteiger partial charge in [-0.05, 0) is 18.9 Å². The third kappa shape index (κ3) is 2.80. The van der Waals surface area contributed by atoms with Gasteiger partial charge >= 0.3 is 5.97 Å². The number of para-hydroxylation sites is 1. The van der Waals surface area contributed by atoms with Gasteiger partial charge in [0.05, 0.1) is 12.1 Å². The molecule has 1 aliphatic rings. The second kappa shape index (κ2) is 6.15. The molecule has 7 nitrogen and oxygen atoms in total. The van der Waals surface area contributed by atoms with Crippen molar-refractivity contribution < 1.29 is 19.4 Å². The van der Waals surface area contributed by atoms with Crippen molar-refractivity contribution in [2.75, 3.05) is 13.2 Å². The zero-order chi connectivity index (χ0) is 15.5. The highest BCUT2D eigenvalue weighted by molar-refractivity contribution is 6.05. The Labute approximate surface area is 126 Å². The number of carbonyl (C=O) groups is 2. The van der Waals surface area contributed by atoms with Crippen LogP contribution in [0.4, 0.5) is 0 Å². The molecule has 116 valence electrons. The van der Waals surface area contributed by atoms with Crippen molar-refractivity contribution in [1.82, 2.24) is 15.5 Å². The summed E-state index contributed by atoms with van der Waals surface area (Å²) in [5, 5.41) is 19.4. The Kier molecular flexibility index (Phi) is 4.06. The Bertz CT molecular complexity index is 691. The van der Waals surface area contributed by atoms with Gasteiger partial charge in [0, 0.05) is 17.9 Å². The first-order valence-corrected chi connectivity index (χ1v) is 7.21. The number of carbonyl (C=O) groups excluding carboxylic acids is 1. The van der Waals surface area contributed by atoms with Crippen molar-refractivity contribution in [3.05, 3.63) is 30.0 Å². The lowest BCUT2D eigenvalue weighted by Crippen LogP contribution is -2.48. The van der Waals surface area contributed by atoms with Crippen molar-refractivity contribution >= 4 is 22.8 Å². The van der Waals surface area contributed by atoms with Crippen molar-refractivity contribution in [3.8, 4) is 0 Å². The molecule has 0 bridgehead atoms. The van der Waals surface area contributed by atoms with Crippen molar-refractivity contribution in [3.63, 3.8) is 0 Å². The van der Waals surface area contributed by atoms with E-state index in [9.17, 15) is 14.7 Å². The number of aromatic nitrogens is 2. The lowest BCUT2D eigenvalue weighted by atomic mass is 9.93. The number of ether oxygens (including phenoxy) is 1. The predicted molar refractivity (Wildman–Crippen MR) is 78.5 cm³/mol. The van der Waals surface area contributed by atoms with Crippen LogP contribution in [-0.2, 0) is 9.53 Å². The highest BCUT2D eigenvalue weighted by atomic mass is 16.5. The molecule has 0 radical (unpaired) electrons. The van der Waals surface area contributed by atoms with Crippen LogP contribution in [0.3, 0.4) is 0 Å². The number of H-pyrrole nitrogens is 1. The Hall–Kier alpha value is -2.41. The van der Waals surface area contributed by atoms with E-state index in [1.807, 2.05) is 12.1 Å². The van der Waals surface area contributed by atoms with Crippen molar-refractivity contribution in [2.45, 2.75) is 18.9 Å². The van der Waals surface area contributed by atoms with Gasteiger partial charge in [-0.1, -0.05) is 18.2 Å². The van der Waals surface area contributed by atoms with E-state index in [-0.39, 0.29) is 11.6 Å². The lowest BCUT2D eigenvalue weighted by Gasteiger charge is -2.27. The number of hydrogen-bond donors (Lipinski definition) is 3. The van der Waals surface area contributed by atoms with Gasteiger partial charge in [-0.3, -0.25) is 9.89 Å². The number of aromatic amines is 1. The molecule has 1 saturated heterocycles. The zero-order valence-electron chi connectivity index (χ0n) is 11.9. The zero-order valence-corrected chi connectivity index (χ0v) is 11.9. The Morgan fingerprint density at radius 1 is 1.41 bits per heavy atom. The molecule has 1 aliphatic heterocycles. The smallest absolute Gasteiger partial charge is 0.326 e. The van der Waals surface area contributed by atoms with E-state index in [2.05, 4.69) is 15.5 Å². The maximum absolute atomic E-state index is 12.4. The van der Waals surface area contributed by atoms with Gasteiger partial charge < -0.3 is 15.2 Å². The van der Waals surface area contributed by atoms with Gasteiger partial charge in [-0.2, -0.15) is 5.10 Å². The molecule has 2 unspecified atom stereocenters. The molecule has 2 aromatic rings. The highest BCUT2D eigenvalue weighted by Gasteiger charge is 2.32. The maximum Gasteiger partial charge on any atom is 0.326 e. The molecular weight excluding hydrogens is 286 g/mol. The van der Waals surface area contributed by atoms with Crippen LogP contribution < -0.4 is 5.32 Å². The first-order valence-electron chi connectivity index (χ1n) is 7.21. The van der Waals surface area contributed by atoms with Crippen LogP contribution in [0, 0.1) is 5.92 Å². The summed E-state index contributed by atoms with van der Waals surface area (Å²) in [5.41, 5.74) is 0.944. The molecule has 3 N–H and O–H groups in total. The number of rotatable bonds is 4. The number of nitrogens with one attached hydrogen (secondary N) is 2.